The van der Waals surface area contributed by atoms with Gasteiger partial charge in [0.25, 0.3) is 5.91 Å². The van der Waals surface area contributed by atoms with E-state index in [0.29, 0.717) is 27.2 Å². The lowest BCUT2D eigenvalue weighted by Gasteiger charge is -2.15. The normalized spacial score (nSPS) is 12.0. The van der Waals surface area contributed by atoms with Crippen molar-refractivity contribution in [3.8, 4) is 5.75 Å². The van der Waals surface area contributed by atoms with Crippen LogP contribution >= 0.6 is 0 Å². The molecule has 1 atom stereocenters. The first-order valence-electron chi connectivity index (χ1n) is 7.99. The Bertz CT molecular complexity index is 1090. The van der Waals surface area contributed by atoms with Gasteiger partial charge in [-0.25, -0.2) is 4.39 Å². The number of amides is 1. The molecule has 1 heterocycles. The van der Waals surface area contributed by atoms with E-state index in [9.17, 15) is 13.4 Å². The molecule has 1 aromatic heterocycles. The summed E-state index contributed by atoms with van der Waals surface area (Å²) in [5, 5.41) is 3.70. The number of rotatable bonds is 5. The van der Waals surface area contributed by atoms with Crippen LogP contribution in [0, 0.1) is 12.7 Å². The SMILES string of the molecule is COc1cc(Nc2c(C(N)=O)cnc3c(C)cc(S(C)=O)cc23)ccc1F. The van der Waals surface area contributed by atoms with E-state index in [4.69, 9.17) is 10.5 Å². The molecule has 0 aliphatic rings. The van der Waals surface area contributed by atoms with Crippen molar-refractivity contribution in [3.63, 3.8) is 0 Å². The smallest absolute Gasteiger partial charge is 0.252 e. The molecule has 140 valence electrons. The largest absolute Gasteiger partial charge is 0.494 e. The van der Waals surface area contributed by atoms with Crippen LogP contribution in [-0.4, -0.2) is 28.5 Å². The molecule has 0 bridgehead atoms. The quantitative estimate of drug-likeness (QED) is 0.701. The Morgan fingerprint density at radius 1 is 1.30 bits per heavy atom. The van der Waals surface area contributed by atoms with Crippen LogP contribution in [0.1, 0.15) is 15.9 Å². The molecule has 1 unspecified atom stereocenters. The summed E-state index contributed by atoms with van der Waals surface area (Å²) in [5.74, 6) is -1.11. The Labute approximate surface area is 158 Å². The topological polar surface area (TPSA) is 94.3 Å². The molecule has 0 aliphatic carbocycles. The number of carbonyl (C=O) groups excluding carboxylic acids is 1. The predicted octanol–water partition coefficient (Wildman–Crippen LogP) is 3.27. The van der Waals surface area contributed by atoms with Gasteiger partial charge >= 0.3 is 0 Å². The molecule has 0 aliphatic heterocycles. The number of primary amides is 1. The molecule has 3 N–H and O–H groups in total. The lowest BCUT2D eigenvalue weighted by molar-refractivity contribution is 0.100. The number of anilines is 2. The summed E-state index contributed by atoms with van der Waals surface area (Å²) >= 11 is 0. The van der Waals surface area contributed by atoms with E-state index >= 15 is 0 Å². The number of hydrogen-bond acceptors (Lipinski definition) is 5. The van der Waals surface area contributed by atoms with Gasteiger partial charge in [0.15, 0.2) is 11.6 Å². The van der Waals surface area contributed by atoms with Crippen molar-refractivity contribution in [1.82, 2.24) is 4.98 Å². The zero-order valence-corrected chi connectivity index (χ0v) is 15.8. The first-order chi connectivity index (χ1) is 12.8. The van der Waals surface area contributed by atoms with Crippen LogP contribution in [0.4, 0.5) is 15.8 Å². The van der Waals surface area contributed by atoms with Crippen LogP contribution in [0.2, 0.25) is 0 Å². The lowest BCUT2D eigenvalue weighted by Crippen LogP contribution is -2.14. The van der Waals surface area contributed by atoms with Crippen molar-refractivity contribution in [2.45, 2.75) is 11.8 Å². The minimum Gasteiger partial charge on any atom is -0.494 e. The molecule has 27 heavy (non-hydrogen) atoms. The van der Waals surface area contributed by atoms with Crippen LogP contribution in [-0.2, 0) is 10.8 Å². The number of nitrogens with zero attached hydrogens (tertiary/aromatic N) is 1. The third-order valence-electron chi connectivity index (χ3n) is 4.15. The fraction of sp³-hybridized carbons (Fsp3) is 0.158. The average molecular weight is 387 g/mol. The molecule has 2 aromatic carbocycles. The standard InChI is InChI=1S/C19H18FN3O3S/c1-10-6-12(27(3)25)8-13-17(10)22-9-14(19(21)24)18(13)23-11-4-5-15(20)16(7-11)26-2/h4-9H,1-3H3,(H2,21,24)(H,22,23). The van der Waals surface area contributed by atoms with Gasteiger partial charge in [0, 0.05) is 45.3 Å². The number of ether oxygens (including phenoxy) is 1. The second-order valence-electron chi connectivity index (χ2n) is 5.98. The molecule has 8 heteroatoms. The van der Waals surface area contributed by atoms with Gasteiger partial charge in [0.05, 0.1) is 23.9 Å². The number of fused-ring (bicyclic) bond motifs is 1. The van der Waals surface area contributed by atoms with E-state index in [2.05, 4.69) is 10.3 Å². The van der Waals surface area contributed by atoms with Crippen LogP contribution in [0.15, 0.2) is 41.4 Å². The minimum absolute atomic E-state index is 0.0607. The molecule has 6 nitrogen and oxygen atoms in total. The van der Waals surface area contributed by atoms with Crippen LogP contribution in [0.25, 0.3) is 10.9 Å². The van der Waals surface area contributed by atoms with Crippen molar-refractivity contribution in [2.24, 2.45) is 5.73 Å². The van der Waals surface area contributed by atoms with Gasteiger partial charge < -0.3 is 15.8 Å². The van der Waals surface area contributed by atoms with Crippen molar-refractivity contribution in [3.05, 3.63) is 53.5 Å². The Kier molecular flexibility index (Phi) is 5.09. The first-order valence-corrected chi connectivity index (χ1v) is 9.54. The van der Waals surface area contributed by atoms with Crippen molar-refractivity contribution >= 4 is 39.0 Å². The third kappa shape index (κ3) is 3.61. The highest BCUT2D eigenvalue weighted by molar-refractivity contribution is 7.84. The molecule has 1 amide bonds. The molecule has 0 saturated carbocycles. The van der Waals surface area contributed by atoms with Gasteiger partial charge in [0.2, 0.25) is 0 Å². The van der Waals surface area contributed by atoms with Crippen molar-refractivity contribution in [1.29, 1.82) is 0 Å². The molecule has 0 saturated heterocycles. The van der Waals surface area contributed by atoms with E-state index in [1.54, 1.807) is 18.4 Å². The van der Waals surface area contributed by atoms with Gasteiger partial charge in [-0.1, -0.05) is 0 Å². The van der Waals surface area contributed by atoms with Gasteiger partial charge in [-0.05, 0) is 36.8 Å². The highest BCUT2D eigenvalue weighted by Crippen LogP contribution is 2.33. The Balaban J connectivity index is 2.26. The lowest BCUT2D eigenvalue weighted by atomic mass is 10.1. The van der Waals surface area contributed by atoms with Gasteiger partial charge in [-0.2, -0.15) is 0 Å². The maximum absolute atomic E-state index is 13.7. The van der Waals surface area contributed by atoms with Gasteiger partial charge in [-0.3, -0.25) is 14.0 Å². The number of nitrogens with two attached hydrogens (primary N) is 1. The van der Waals surface area contributed by atoms with E-state index in [-0.39, 0.29) is 11.3 Å². The number of hydrogen-bond donors (Lipinski definition) is 2. The number of halogens is 1. The summed E-state index contributed by atoms with van der Waals surface area (Å²) in [4.78, 5) is 16.9. The zero-order chi connectivity index (χ0) is 19.7. The summed E-state index contributed by atoms with van der Waals surface area (Å²) in [5.41, 5.74) is 8.06. The molecule has 0 radical (unpaired) electrons. The van der Waals surface area contributed by atoms with E-state index < -0.39 is 22.5 Å². The van der Waals surface area contributed by atoms with Crippen molar-refractivity contribution in [2.75, 3.05) is 18.7 Å². The fourth-order valence-corrected chi connectivity index (χ4v) is 3.44. The molecular weight excluding hydrogens is 369 g/mol. The number of carbonyl (C=O) groups is 1. The molecular formula is C19H18FN3O3S. The highest BCUT2D eigenvalue weighted by atomic mass is 32.2. The Hall–Kier alpha value is -3.00. The number of methoxy groups -OCH3 is 1. The highest BCUT2D eigenvalue weighted by Gasteiger charge is 2.17. The Morgan fingerprint density at radius 3 is 2.67 bits per heavy atom. The first kappa shape index (κ1) is 18.8. The molecule has 0 fully saturated rings. The van der Waals surface area contributed by atoms with Crippen LogP contribution in [0.3, 0.4) is 0 Å². The maximum atomic E-state index is 13.7. The number of nitrogens with one attached hydrogen (secondary N) is 1. The maximum Gasteiger partial charge on any atom is 0.252 e. The van der Waals surface area contributed by atoms with Gasteiger partial charge in [-0.15, -0.1) is 0 Å². The summed E-state index contributed by atoms with van der Waals surface area (Å²) in [6.07, 6.45) is 2.97. The van der Waals surface area contributed by atoms with Crippen LogP contribution < -0.4 is 15.8 Å². The summed E-state index contributed by atoms with van der Waals surface area (Å²) in [7, 11) is 0.149. The zero-order valence-electron chi connectivity index (χ0n) is 15.0. The van der Waals surface area contributed by atoms with Crippen molar-refractivity contribution < 1.29 is 18.1 Å². The van der Waals surface area contributed by atoms with E-state index in [1.165, 1.54) is 31.5 Å². The minimum atomic E-state index is -1.22. The van der Waals surface area contributed by atoms with Gasteiger partial charge in [0.1, 0.15) is 0 Å². The van der Waals surface area contributed by atoms with E-state index in [0.717, 1.165) is 5.56 Å². The molecule has 3 rings (SSSR count). The predicted molar refractivity (Wildman–Crippen MR) is 104 cm³/mol. The number of pyridine rings is 1. The summed E-state index contributed by atoms with van der Waals surface area (Å²) in [6, 6.07) is 7.75. The molecule has 0 spiro atoms. The number of aryl methyl sites for hydroxylation is 1. The number of aromatic nitrogens is 1. The second kappa shape index (κ2) is 7.32. The fourth-order valence-electron chi connectivity index (χ4n) is 2.82. The second-order valence-corrected chi connectivity index (χ2v) is 7.36. The monoisotopic (exact) mass is 387 g/mol. The average Bonchev–Trinajstić information content (AvgIpc) is 2.63. The third-order valence-corrected chi connectivity index (χ3v) is 5.05. The molecule has 3 aromatic rings. The van der Waals surface area contributed by atoms with Crippen LogP contribution in [0.5, 0.6) is 5.75 Å². The summed E-state index contributed by atoms with van der Waals surface area (Å²) < 4.78 is 30.7. The number of benzene rings is 2. The summed E-state index contributed by atoms with van der Waals surface area (Å²) in [6.45, 7) is 1.85. The van der Waals surface area contributed by atoms with E-state index in [1.807, 2.05) is 6.92 Å². The Morgan fingerprint density at radius 2 is 2.04 bits per heavy atom.